The maximum atomic E-state index is 13.5. The first kappa shape index (κ1) is 21.4. The van der Waals surface area contributed by atoms with Gasteiger partial charge in [-0.05, 0) is 49.1 Å². The van der Waals surface area contributed by atoms with Gasteiger partial charge in [-0.1, -0.05) is 66.2 Å². The lowest BCUT2D eigenvalue weighted by Crippen LogP contribution is -2.34. The molecule has 0 saturated carbocycles. The van der Waals surface area contributed by atoms with Gasteiger partial charge in [-0.2, -0.15) is 0 Å². The van der Waals surface area contributed by atoms with E-state index in [0.29, 0.717) is 30.0 Å². The van der Waals surface area contributed by atoms with Crippen LogP contribution in [-0.2, 0) is 16.0 Å². The number of rotatable bonds is 7. The number of anilines is 1. The van der Waals surface area contributed by atoms with E-state index in [9.17, 15) is 9.59 Å². The monoisotopic (exact) mass is 426 g/mol. The van der Waals surface area contributed by atoms with E-state index >= 15 is 0 Å². The molecule has 0 fully saturated rings. The first-order valence-electron chi connectivity index (χ1n) is 10.6. The molecule has 32 heavy (non-hydrogen) atoms. The van der Waals surface area contributed by atoms with E-state index in [1.165, 1.54) is 4.90 Å². The first-order valence-corrected chi connectivity index (χ1v) is 10.6. The zero-order valence-electron chi connectivity index (χ0n) is 18.5. The minimum atomic E-state index is -0.327. The number of hydrogen-bond acceptors (Lipinski definition) is 4. The zero-order chi connectivity index (χ0) is 22.7. The van der Waals surface area contributed by atoms with Crippen LogP contribution in [0.25, 0.3) is 5.57 Å². The third kappa shape index (κ3) is 4.14. The van der Waals surface area contributed by atoms with Crippen molar-refractivity contribution in [2.45, 2.75) is 20.3 Å². The van der Waals surface area contributed by atoms with E-state index in [1.807, 2.05) is 86.6 Å². The molecule has 3 aromatic carbocycles. The van der Waals surface area contributed by atoms with Crippen molar-refractivity contribution in [3.05, 3.63) is 101 Å². The number of nitrogens with zero attached hydrogens (tertiary/aromatic N) is 1. The Labute approximate surface area is 188 Å². The molecule has 162 valence electrons. The van der Waals surface area contributed by atoms with Crippen LogP contribution < -0.4 is 10.1 Å². The van der Waals surface area contributed by atoms with Crippen LogP contribution >= 0.6 is 0 Å². The predicted molar refractivity (Wildman–Crippen MR) is 126 cm³/mol. The van der Waals surface area contributed by atoms with Crippen LogP contribution in [0.3, 0.4) is 0 Å². The fourth-order valence-electron chi connectivity index (χ4n) is 4.01. The lowest BCUT2D eigenvalue weighted by molar-refractivity contribution is -0.136. The highest BCUT2D eigenvalue weighted by molar-refractivity contribution is 6.36. The molecule has 1 N–H and O–H groups in total. The molecular weight excluding hydrogens is 400 g/mol. The fraction of sp³-hybridized carbons (Fsp3) is 0.185. The molecule has 0 radical (unpaired) electrons. The van der Waals surface area contributed by atoms with Crippen molar-refractivity contribution in [1.82, 2.24) is 4.90 Å². The summed E-state index contributed by atoms with van der Waals surface area (Å²) >= 11 is 0. The van der Waals surface area contributed by atoms with E-state index < -0.39 is 0 Å². The van der Waals surface area contributed by atoms with Crippen molar-refractivity contribution in [2.75, 3.05) is 19.0 Å². The van der Waals surface area contributed by atoms with Crippen molar-refractivity contribution >= 4 is 23.1 Å². The van der Waals surface area contributed by atoms with Gasteiger partial charge in [0.2, 0.25) is 0 Å². The molecule has 0 aliphatic carbocycles. The predicted octanol–water partition coefficient (Wildman–Crippen LogP) is 4.75. The molecule has 0 spiro atoms. The maximum Gasteiger partial charge on any atom is 0.278 e. The Morgan fingerprint density at radius 1 is 0.875 bits per heavy atom. The summed E-state index contributed by atoms with van der Waals surface area (Å²) in [4.78, 5) is 28.3. The molecule has 0 atom stereocenters. The van der Waals surface area contributed by atoms with Gasteiger partial charge in [-0.25, -0.2) is 0 Å². The van der Waals surface area contributed by atoms with Crippen LogP contribution in [-0.4, -0.2) is 30.4 Å². The van der Waals surface area contributed by atoms with E-state index in [0.717, 1.165) is 22.3 Å². The van der Waals surface area contributed by atoms with Gasteiger partial charge in [0.05, 0.1) is 18.4 Å². The van der Waals surface area contributed by atoms with Crippen LogP contribution in [0.1, 0.15) is 22.3 Å². The molecule has 1 heterocycles. The Kier molecular flexibility index (Phi) is 6.08. The van der Waals surface area contributed by atoms with E-state index in [2.05, 4.69) is 5.32 Å². The molecule has 1 aliphatic rings. The number of nitrogens with one attached hydrogen (secondary N) is 1. The third-order valence-electron chi connectivity index (χ3n) is 5.65. The number of aryl methyl sites for hydroxylation is 2. The molecule has 0 saturated heterocycles. The highest BCUT2D eigenvalue weighted by Gasteiger charge is 2.39. The van der Waals surface area contributed by atoms with Gasteiger partial charge in [0.25, 0.3) is 11.8 Å². The third-order valence-corrected chi connectivity index (χ3v) is 5.65. The van der Waals surface area contributed by atoms with Gasteiger partial charge in [0.1, 0.15) is 11.4 Å². The molecule has 1 aliphatic heterocycles. The molecule has 0 aromatic heterocycles. The average molecular weight is 427 g/mol. The van der Waals surface area contributed by atoms with Gasteiger partial charge in [0.15, 0.2) is 0 Å². The Bertz CT molecular complexity index is 1200. The summed E-state index contributed by atoms with van der Waals surface area (Å²) in [5.41, 5.74) is 5.19. The van der Waals surface area contributed by atoms with Crippen molar-refractivity contribution < 1.29 is 14.3 Å². The maximum absolute atomic E-state index is 13.5. The second-order valence-electron chi connectivity index (χ2n) is 7.89. The SMILES string of the molecule is COc1ccccc1NC1=C(c2ccc(C)cc2C)C(=O)N(CCc2ccccc2)C1=O. The standard InChI is InChI=1S/C27H26N2O3/c1-18-13-14-21(19(2)17-18)24-25(28-22-11-7-8-12-23(22)32-3)27(31)29(26(24)30)16-15-20-9-5-4-6-10-20/h4-14,17,28H,15-16H2,1-3H3. The number of methoxy groups -OCH3 is 1. The van der Waals surface area contributed by atoms with Crippen LogP contribution in [0.4, 0.5) is 5.69 Å². The molecule has 5 nitrogen and oxygen atoms in total. The Hall–Kier alpha value is -3.86. The normalized spacial score (nSPS) is 13.7. The van der Waals surface area contributed by atoms with Gasteiger partial charge in [-0.15, -0.1) is 0 Å². The van der Waals surface area contributed by atoms with Crippen LogP contribution in [0, 0.1) is 13.8 Å². The van der Waals surface area contributed by atoms with E-state index in [4.69, 9.17) is 4.74 Å². The molecule has 3 aromatic rings. The van der Waals surface area contributed by atoms with Crippen molar-refractivity contribution in [2.24, 2.45) is 0 Å². The summed E-state index contributed by atoms with van der Waals surface area (Å²) in [6.07, 6.45) is 0.598. The zero-order valence-corrected chi connectivity index (χ0v) is 18.5. The lowest BCUT2D eigenvalue weighted by atomic mass is 9.97. The van der Waals surface area contributed by atoms with Crippen molar-refractivity contribution in [3.8, 4) is 5.75 Å². The highest BCUT2D eigenvalue weighted by atomic mass is 16.5. The summed E-state index contributed by atoms with van der Waals surface area (Å²) in [6.45, 7) is 4.28. The summed E-state index contributed by atoms with van der Waals surface area (Å²) in [7, 11) is 1.58. The second-order valence-corrected chi connectivity index (χ2v) is 7.89. The molecular formula is C27H26N2O3. The van der Waals surface area contributed by atoms with Crippen molar-refractivity contribution in [1.29, 1.82) is 0 Å². The van der Waals surface area contributed by atoms with E-state index in [1.54, 1.807) is 7.11 Å². The summed E-state index contributed by atoms with van der Waals surface area (Å²) in [5.74, 6) is -0.00921. The summed E-state index contributed by atoms with van der Waals surface area (Å²) in [5, 5.41) is 3.20. The van der Waals surface area contributed by atoms with Gasteiger partial charge in [0, 0.05) is 6.54 Å². The average Bonchev–Trinajstić information content (AvgIpc) is 3.02. The Morgan fingerprint density at radius 2 is 1.59 bits per heavy atom. The van der Waals surface area contributed by atoms with Gasteiger partial charge in [-0.3, -0.25) is 14.5 Å². The quantitative estimate of drug-likeness (QED) is 0.554. The molecule has 0 unspecified atom stereocenters. The molecule has 2 amide bonds. The van der Waals surface area contributed by atoms with E-state index in [-0.39, 0.29) is 17.5 Å². The first-order chi connectivity index (χ1) is 15.5. The number of ether oxygens (including phenoxy) is 1. The second kappa shape index (κ2) is 9.10. The highest BCUT2D eigenvalue weighted by Crippen LogP contribution is 2.34. The number of hydrogen-bond donors (Lipinski definition) is 1. The molecule has 4 rings (SSSR count). The lowest BCUT2D eigenvalue weighted by Gasteiger charge is -2.16. The minimum absolute atomic E-state index is 0.277. The number of para-hydroxylation sites is 2. The largest absolute Gasteiger partial charge is 0.495 e. The number of benzene rings is 3. The number of imide groups is 1. The Balaban J connectivity index is 1.73. The Morgan fingerprint density at radius 3 is 2.31 bits per heavy atom. The summed E-state index contributed by atoms with van der Waals surface area (Å²) < 4.78 is 5.44. The molecule has 0 bridgehead atoms. The van der Waals surface area contributed by atoms with Crippen LogP contribution in [0.15, 0.2) is 78.5 Å². The van der Waals surface area contributed by atoms with Crippen molar-refractivity contribution in [3.63, 3.8) is 0 Å². The number of carbonyl (C=O) groups is 2. The van der Waals surface area contributed by atoms with Gasteiger partial charge < -0.3 is 10.1 Å². The smallest absolute Gasteiger partial charge is 0.278 e. The fourth-order valence-corrected chi connectivity index (χ4v) is 4.01. The summed E-state index contributed by atoms with van der Waals surface area (Å²) in [6, 6.07) is 23.1. The number of amides is 2. The minimum Gasteiger partial charge on any atom is -0.495 e. The van der Waals surface area contributed by atoms with Crippen LogP contribution in [0.2, 0.25) is 0 Å². The van der Waals surface area contributed by atoms with Gasteiger partial charge >= 0.3 is 0 Å². The molecule has 5 heteroatoms. The topological polar surface area (TPSA) is 58.6 Å². The number of carbonyl (C=O) groups excluding carboxylic acids is 2. The van der Waals surface area contributed by atoms with Crippen LogP contribution in [0.5, 0.6) is 5.75 Å².